The Hall–Kier alpha value is -4.39. The van der Waals surface area contributed by atoms with Gasteiger partial charge in [-0.15, -0.1) is 0 Å². The Bertz CT molecular complexity index is 1540. The highest BCUT2D eigenvalue weighted by molar-refractivity contribution is 6.23. The Labute approximate surface area is 274 Å². The zero-order chi connectivity index (χ0) is 32.5. The van der Waals surface area contributed by atoms with Gasteiger partial charge in [-0.2, -0.15) is 0 Å². The molecular weight excluding hydrogens is 600 g/mol. The van der Waals surface area contributed by atoms with Crippen molar-refractivity contribution in [2.24, 2.45) is 5.92 Å². The number of imide groups is 2. The average Bonchev–Trinajstić information content (AvgIpc) is 3.34. The Morgan fingerprint density at radius 2 is 1.51 bits per heavy atom. The maximum Gasteiger partial charge on any atom is 0.262 e. The number of fused-ring (bicyclic) bond motifs is 1. The van der Waals surface area contributed by atoms with Crippen LogP contribution in [0.2, 0.25) is 0 Å². The molecule has 3 saturated heterocycles. The Balaban J connectivity index is 0.871. The van der Waals surface area contributed by atoms with Crippen LogP contribution in [0.1, 0.15) is 88.9 Å². The van der Waals surface area contributed by atoms with Crippen LogP contribution in [0.15, 0.2) is 30.6 Å². The highest BCUT2D eigenvalue weighted by Crippen LogP contribution is 2.31. The van der Waals surface area contributed by atoms with E-state index >= 15 is 0 Å². The summed E-state index contributed by atoms with van der Waals surface area (Å²) in [6.45, 7) is 6.23. The summed E-state index contributed by atoms with van der Waals surface area (Å²) in [5.41, 5.74) is 2.02. The Morgan fingerprint density at radius 3 is 2.21 bits per heavy atom. The molecule has 7 rings (SSSR count). The molecule has 248 valence electrons. The highest BCUT2D eigenvalue weighted by atomic mass is 16.2. The first-order chi connectivity index (χ1) is 22.8. The van der Waals surface area contributed by atoms with Gasteiger partial charge in [0.25, 0.3) is 17.7 Å². The summed E-state index contributed by atoms with van der Waals surface area (Å²) in [6.07, 6.45) is 11.3. The van der Waals surface area contributed by atoms with Crippen LogP contribution in [0.25, 0.3) is 0 Å². The van der Waals surface area contributed by atoms with E-state index < -0.39 is 23.8 Å². The molecule has 0 spiro atoms. The van der Waals surface area contributed by atoms with Crippen LogP contribution in [0.4, 0.5) is 11.6 Å². The van der Waals surface area contributed by atoms with Gasteiger partial charge in [0.15, 0.2) is 0 Å². The molecule has 5 amide bonds. The number of piperazine rings is 1. The molecule has 13 heteroatoms. The minimum absolute atomic E-state index is 0.0848. The molecule has 5 aliphatic rings. The molecule has 1 aliphatic carbocycles. The highest BCUT2D eigenvalue weighted by Gasteiger charge is 2.44. The number of carbonyl (C=O) groups is 5. The lowest BCUT2D eigenvalue weighted by molar-refractivity contribution is -0.136. The molecule has 13 nitrogen and oxygen atoms in total. The lowest BCUT2D eigenvalue weighted by Gasteiger charge is -2.39. The first kappa shape index (κ1) is 31.2. The number of carbonyl (C=O) groups excluding carboxylic acids is 5. The van der Waals surface area contributed by atoms with Crippen molar-refractivity contribution in [3.05, 3.63) is 47.3 Å². The monoisotopic (exact) mass is 642 g/mol. The number of anilines is 2. The zero-order valence-electron chi connectivity index (χ0n) is 26.7. The normalized spacial score (nSPS) is 23.2. The van der Waals surface area contributed by atoms with Gasteiger partial charge < -0.3 is 15.1 Å². The van der Waals surface area contributed by atoms with Gasteiger partial charge >= 0.3 is 0 Å². The number of hydrogen-bond donors (Lipinski definition) is 2. The van der Waals surface area contributed by atoms with Crippen LogP contribution in [0.5, 0.6) is 0 Å². The van der Waals surface area contributed by atoms with E-state index in [9.17, 15) is 24.0 Å². The first-order valence-electron chi connectivity index (χ1n) is 17.0. The van der Waals surface area contributed by atoms with E-state index in [1.54, 1.807) is 24.5 Å². The molecule has 5 heterocycles. The fourth-order valence-corrected chi connectivity index (χ4v) is 7.64. The predicted molar refractivity (Wildman–Crippen MR) is 173 cm³/mol. The van der Waals surface area contributed by atoms with E-state index in [1.807, 2.05) is 6.07 Å². The van der Waals surface area contributed by atoms with Gasteiger partial charge in [0.2, 0.25) is 17.8 Å². The van der Waals surface area contributed by atoms with Gasteiger partial charge in [-0.25, -0.2) is 9.97 Å². The van der Waals surface area contributed by atoms with Crippen LogP contribution in [-0.4, -0.2) is 107 Å². The van der Waals surface area contributed by atoms with Crippen molar-refractivity contribution in [1.29, 1.82) is 0 Å². The predicted octanol–water partition coefficient (Wildman–Crippen LogP) is 1.98. The average molecular weight is 643 g/mol. The molecule has 1 atom stereocenters. The minimum atomic E-state index is -0.962. The molecule has 47 heavy (non-hydrogen) atoms. The maximum atomic E-state index is 13.3. The van der Waals surface area contributed by atoms with E-state index in [1.165, 1.54) is 19.3 Å². The first-order valence-corrected chi connectivity index (χ1v) is 17.0. The fourth-order valence-electron chi connectivity index (χ4n) is 7.64. The molecule has 4 aliphatic heterocycles. The summed E-state index contributed by atoms with van der Waals surface area (Å²) in [4.78, 5) is 79.9. The second-order valence-electron chi connectivity index (χ2n) is 13.5. The molecule has 0 radical (unpaired) electrons. The van der Waals surface area contributed by atoms with Crippen LogP contribution < -0.4 is 20.4 Å². The van der Waals surface area contributed by atoms with Crippen LogP contribution in [0, 0.1) is 5.92 Å². The smallest absolute Gasteiger partial charge is 0.262 e. The van der Waals surface area contributed by atoms with Gasteiger partial charge in [0.1, 0.15) is 6.04 Å². The largest absolute Gasteiger partial charge is 0.369 e. The second kappa shape index (κ2) is 13.4. The minimum Gasteiger partial charge on any atom is -0.369 e. The molecule has 2 N–H and O–H groups in total. The summed E-state index contributed by atoms with van der Waals surface area (Å²) in [5, 5.41) is 5.37. The lowest BCUT2D eigenvalue weighted by Crippen LogP contribution is -2.54. The molecule has 1 unspecified atom stereocenters. The van der Waals surface area contributed by atoms with Crippen molar-refractivity contribution in [2.45, 2.75) is 69.9 Å². The number of nitrogens with one attached hydrogen (secondary N) is 2. The number of hydrogen-bond acceptors (Lipinski definition) is 10. The van der Waals surface area contributed by atoms with E-state index in [-0.39, 0.29) is 30.7 Å². The van der Waals surface area contributed by atoms with Crippen molar-refractivity contribution in [3.63, 3.8) is 0 Å². The van der Waals surface area contributed by atoms with Crippen LogP contribution in [0.3, 0.4) is 0 Å². The van der Waals surface area contributed by atoms with E-state index in [4.69, 9.17) is 0 Å². The molecule has 1 saturated carbocycles. The van der Waals surface area contributed by atoms with Crippen molar-refractivity contribution < 1.29 is 24.0 Å². The van der Waals surface area contributed by atoms with Crippen molar-refractivity contribution in [1.82, 2.24) is 30.4 Å². The standard InChI is InChI=1S/C34H42N8O5/c43-29-9-8-28(31(45)38-29)42-32(46)26-7-6-25(18-27(26)33(42)47)40-16-14-39(15-17-40)21-22-10-12-41(13-11-22)34-35-19-23(20-36-34)30(44)37-24-4-2-1-3-5-24/h6-7,18-20,22,24,28H,1-5,8-17,21H2,(H,37,44)(H,38,43,45). The third-order valence-electron chi connectivity index (χ3n) is 10.4. The van der Waals surface area contributed by atoms with Crippen molar-refractivity contribution in [2.75, 3.05) is 55.6 Å². The van der Waals surface area contributed by atoms with E-state index in [0.29, 0.717) is 28.6 Å². The Morgan fingerprint density at radius 1 is 0.809 bits per heavy atom. The van der Waals surface area contributed by atoms with Crippen molar-refractivity contribution in [3.8, 4) is 0 Å². The number of amides is 5. The number of benzene rings is 1. The summed E-state index contributed by atoms with van der Waals surface area (Å²) < 4.78 is 0. The molecule has 1 aromatic heterocycles. The fraction of sp³-hybridized carbons (Fsp3) is 0.559. The van der Waals surface area contributed by atoms with Gasteiger partial charge in [-0.05, 0) is 56.2 Å². The summed E-state index contributed by atoms with van der Waals surface area (Å²) >= 11 is 0. The quantitative estimate of drug-likeness (QED) is 0.430. The molecule has 2 aromatic rings. The summed E-state index contributed by atoms with van der Waals surface area (Å²) in [6, 6.07) is 4.62. The van der Waals surface area contributed by atoms with Gasteiger partial charge in [0, 0.05) is 76.4 Å². The SMILES string of the molecule is O=C1CCC(N2C(=O)c3ccc(N4CCN(CC5CCN(c6ncc(C(=O)NC7CCCCC7)cn6)CC5)CC4)cc3C2=O)C(=O)N1. The molecule has 4 fully saturated rings. The van der Waals surface area contributed by atoms with E-state index in [2.05, 4.69) is 35.3 Å². The zero-order valence-corrected chi connectivity index (χ0v) is 26.7. The molecule has 0 bridgehead atoms. The van der Waals surface area contributed by atoms with Gasteiger partial charge in [-0.1, -0.05) is 19.3 Å². The van der Waals surface area contributed by atoms with Crippen molar-refractivity contribution >= 4 is 41.2 Å². The van der Waals surface area contributed by atoms with Crippen LogP contribution >= 0.6 is 0 Å². The van der Waals surface area contributed by atoms with E-state index in [0.717, 1.165) is 82.1 Å². The Kier molecular flexibility index (Phi) is 8.89. The lowest BCUT2D eigenvalue weighted by atomic mass is 9.95. The third kappa shape index (κ3) is 6.58. The second-order valence-corrected chi connectivity index (χ2v) is 13.5. The topological polar surface area (TPSA) is 148 Å². The number of piperidine rings is 2. The van der Waals surface area contributed by atoms with Gasteiger partial charge in [0.05, 0.1) is 16.7 Å². The number of nitrogens with zero attached hydrogens (tertiary/aromatic N) is 6. The number of rotatable bonds is 7. The molecule has 1 aromatic carbocycles. The molecular formula is C34H42N8O5. The summed E-state index contributed by atoms with van der Waals surface area (Å²) in [5.74, 6) is -0.770. The van der Waals surface area contributed by atoms with Crippen LogP contribution in [-0.2, 0) is 9.59 Å². The van der Waals surface area contributed by atoms with Gasteiger partial charge in [-0.3, -0.25) is 39.1 Å². The summed E-state index contributed by atoms with van der Waals surface area (Å²) in [7, 11) is 0. The maximum absolute atomic E-state index is 13.3. The third-order valence-corrected chi connectivity index (χ3v) is 10.4. The number of aromatic nitrogens is 2.